The van der Waals surface area contributed by atoms with E-state index in [4.69, 9.17) is 9.15 Å². The zero-order valence-corrected chi connectivity index (χ0v) is 15.9. The van der Waals surface area contributed by atoms with Gasteiger partial charge in [0.15, 0.2) is 16.7 Å². The molecule has 0 unspecified atom stereocenters. The van der Waals surface area contributed by atoms with E-state index in [9.17, 15) is 4.79 Å². The molecule has 0 bridgehead atoms. The number of ether oxygens (including phenoxy) is 1. The van der Waals surface area contributed by atoms with Crippen molar-refractivity contribution in [2.24, 2.45) is 0 Å². The number of furan rings is 1. The smallest absolute Gasteiger partial charge is 0.205 e. The van der Waals surface area contributed by atoms with Crippen LogP contribution in [0.3, 0.4) is 0 Å². The highest BCUT2D eigenvalue weighted by molar-refractivity contribution is 7.99. The lowest BCUT2D eigenvalue weighted by Crippen LogP contribution is -2.06. The number of aromatic nitrogens is 3. The number of carbonyl (C=O) groups excluding carboxylic acids is 1. The Bertz CT molecular complexity index is 1080. The highest BCUT2D eigenvalue weighted by Gasteiger charge is 2.20. The van der Waals surface area contributed by atoms with Crippen LogP contribution >= 0.6 is 11.8 Å². The number of benzene rings is 2. The minimum absolute atomic E-state index is 0.0374. The van der Waals surface area contributed by atoms with Gasteiger partial charge in [0.05, 0.1) is 24.7 Å². The standard InChI is InChI=1S/C21H17N3O3S/c1-26-18-11-6-5-10-16(18)17(25)14-28-21-23-22-20(19-12-7-13-27-19)24(21)15-8-3-2-4-9-15/h2-13H,14H2,1H3. The minimum Gasteiger partial charge on any atom is -0.496 e. The Morgan fingerprint density at radius 1 is 1.04 bits per heavy atom. The van der Waals surface area contributed by atoms with Crippen molar-refractivity contribution in [3.63, 3.8) is 0 Å². The van der Waals surface area contributed by atoms with Gasteiger partial charge >= 0.3 is 0 Å². The molecule has 28 heavy (non-hydrogen) atoms. The molecule has 4 aromatic rings. The van der Waals surface area contributed by atoms with E-state index in [1.807, 2.05) is 53.1 Å². The van der Waals surface area contributed by atoms with Crippen molar-refractivity contribution in [1.29, 1.82) is 0 Å². The number of hydrogen-bond acceptors (Lipinski definition) is 6. The SMILES string of the molecule is COc1ccccc1C(=O)CSc1nnc(-c2ccco2)n1-c1ccccc1. The summed E-state index contributed by atoms with van der Waals surface area (Å²) in [7, 11) is 1.56. The fourth-order valence-corrected chi connectivity index (χ4v) is 3.66. The Balaban J connectivity index is 1.64. The van der Waals surface area contributed by atoms with E-state index in [0.29, 0.717) is 28.1 Å². The second-order valence-corrected chi connectivity index (χ2v) is 6.81. The van der Waals surface area contributed by atoms with Crippen molar-refractivity contribution in [3.8, 4) is 23.0 Å². The Hall–Kier alpha value is -3.32. The average Bonchev–Trinajstić information content (AvgIpc) is 3.42. The highest BCUT2D eigenvalue weighted by atomic mass is 32.2. The van der Waals surface area contributed by atoms with Crippen LogP contribution in [0.1, 0.15) is 10.4 Å². The van der Waals surface area contributed by atoms with Crippen molar-refractivity contribution in [2.75, 3.05) is 12.9 Å². The third kappa shape index (κ3) is 3.57. The van der Waals surface area contributed by atoms with E-state index in [-0.39, 0.29) is 11.5 Å². The molecule has 7 heteroatoms. The number of rotatable bonds is 7. The highest BCUT2D eigenvalue weighted by Crippen LogP contribution is 2.29. The Morgan fingerprint density at radius 3 is 2.57 bits per heavy atom. The molecule has 0 aliphatic carbocycles. The normalized spacial score (nSPS) is 10.8. The quantitative estimate of drug-likeness (QED) is 0.341. The predicted octanol–water partition coefficient (Wildman–Crippen LogP) is 4.51. The zero-order chi connectivity index (χ0) is 19.3. The van der Waals surface area contributed by atoms with Gasteiger partial charge in [0.1, 0.15) is 5.75 Å². The number of thioether (sulfide) groups is 1. The average molecular weight is 391 g/mol. The van der Waals surface area contributed by atoms with E-state index in [0.717, 1.165) is 5.69 Å². The molecule has 4 rings (SSSR count). The van der Waals surface area contributed by atoms with Crippen LogP contribution in [-0.4, -0.2) is 33.4 Å². The van der Waals surface area contributed by atoms with Gasteiger partial charge in [-0.2, -0.15) is 0 Å². The number of carbonyl (C=O) groups is 1. The molecule has 0 spiro atoms. The van der Waals surface area contributed by atoms with Gasteiger partial charge in [0.2, 0.25) is 5.82 Å². The number of para-hydroxylation sites is 2. The van der Waals surface area contributed by atoms with Crippen LogP contribution in [0, 0.1) is 0 Å². The first-order chi connectivity index (χ1) is 13.8. The lowest BCUT2D eigenvalue weighted by molar-refractivity contribution is 0.101. The lowest BCUT2D eigenvalue weighted by atomic mass is 10.1. The molecular formula is C21H17N3O3S. The monoisotopic (exact) mass is 391 g/mol. The lowest BCUT2D eigenvalue weighted by Gasteiger charge is -2.09. The Kier molecular flexibility index (Phi) is 5.25. The maximum absolute atomic E-state index is 12.7. The van der Waals surface area contributed by atoms with Crippen LogP contribution in [0.5, 0.6) is 5.75 Å². The molecule has 0 aliphatic heterocycles. The third-order valence-electron chi connectivity index (χ3n) is 4.13. The number of ketones is 1. The van der Waals surface area contributed by atoms with E-state index in [1.165, 1.54) is 11.8 Å². The van der Waals surface area contributed by atoms with E-state index < -0.39 is 0 Å². The molecule has 0 saturated heterocycles. The van der Waals surface area contributed by atoms with Crippen molar-refractivity contribution in [3.05, 3.63) is 78.6 Å². The molecule has 6 nitrogen and oxygen atoms in total. The summed E-state index contributed by atoms with van der Waals surface area (Å²) in [5, 5.41) is 9.18. The molecular weight excluding hydrogens is 374 g/mol. The molecule has 2 aromatic heterocycles. The Morgan fingerprint density at radius 2 is 1.82 bits per heavy atom. The van der Waals surface area contributed by atoms with Crippen LogP contribution in [-0.2, 0) is 0 Å². The Labute approximate surface area is 166 Å². The molecule has 2 heterocycles. The summed E-state index contributed by atoms with van der Waals surface area (Å²) in [6, 6.07) is 20.6. The van der Waals surface area contributed by atoms with Crippen LogP contribution < -0.4 is 4.74 Å². The number of hydrogen-bond donors (Lipinski definition) is 0. The summed E-state index contributed by atoms with van der Waals surface area (Å²) in [6.07, 6.45) is 1.59. The van der Waals surface area contributed by atoms with Gasteiger partial charge in [0, 0.05) is 5.69 Å². The van der Waals surface area contributed by atoms with Gasteiger partial charge in [-0.1, -0.05) is 42.1 Å². The van der Waals surface area contributed by atoms with Crippen LogP contribution in [0.2, 0.25) is 0 Å². The molecule has 0 atom stereocenters. The molecule has 0 N–H and O–H groups in total. The van der Waals surface area contributed by atoms with Gasteiger partial charge < -0.3 is 9.15 Å². The molecule has 2 aromatic carbocycles. The second kappa shape index (κ2) is 8.14. The van der Waals surface area contributed by atoms with Crippen LogP contribution in [0.4, 0.5) is 0 Å². The van der Waals surface area contributed by atoms with Crippen LogP contribution in [0.25, 0.3) is 17.3 Å². The number of nitrogens with zero attached hydrogens (tertiary/aromatic N) is 3. The fraction of sp³-hybridized carbons (Fsp3) is 0.0952. The first-order valence-electron chi connectivity index (χ1n) is 8.61. The van der Waals surface area contributed by atoms with Crippen molar-refractivity contribution >= 4 is 17.5 Å². The van der Waals surface area contributed by atoms with Crippen molar-refractivity contribution in [1.82, 2.24) is 14.8 Å². The number of Topliss-reactive ketones (excluding diaryl/α,β-unsaturated/α-hetero) is 1. The third-order valence-corrected chi connectivity index (χ3v) is 5.06. The molecule has 0 radical (unpaired) electrons. The first-order valence-corrected chi connectivity index (χ1v) is 9.60. The molecule has 0 aliphatic rings. The minimum atomic E-state index is -0.0374. The zero-order valence-electron chi connectivity index (χ0n) is 15.1. The maximum atomic E-state index is 12.7. The summed E-state index contributed by atoms with van der Waals surface area (Å²) in [4.78, 5) is 12.7. The van der Waals surface area contributed by atoms with Gasteiger partial charge in [0.25, 0.3) is 0 Å². The summed E-state index contributed by atoms with van der Waals surface area (Å²) < 4.78 is 12.7. The maximum Gasteiger partial charge on any atom is 0.205 e. The fourth-order valence-electron chi connectivity index (χ4n) is 2.82. The van der Waals surface area contributed by atoms with E-state index in [2.05, 4.69) is 10.2 Å². The van der Waals surface area contributed by atoms with Crippen molar-refractivity contribution < 1.29 is 13.9 Å². The molecule has 0 amide bonds. The number of methoxy groups -OCH3 is 1. The summed E-state index contributed by atoms with van der Waals surface area (Å²) in [5.74, 6) is 1.94. The summed E-state index contributed by atoms with van der Waals surface area (Å²) in [6.45, 7) is 0. The van der Waals surface area contributed by atoms with Crippen LogP contribution in [0.15, 0.2) is 82.6 Å². The largest absolute Gasteiger partial charge is 0.496 e. The summed E-state index contributed by atoms with van der Waals surface area (Å²) >= 11 is 1.32. The first kappa shape index (κ1) is 18.1. The van der Waals surface area contributed by atoms with E-state index >= 15 is 0 Å². The molecule has 140 valence electrons. The predicted molar refractivity (Wildman–Crippen MR) is 107 cm³/mol. The molecule has 0 fully saturated rings. The molecule has 0 saturated carbocycles. The summed E-state index contributed by atoms with van der Waals surface area (Å²) in [5.41, 5.74) is 1.45. The second-order valence-electron chi connectivity index (χ2n) is 5.87. The van der Waals surface area contributed by atoms with Crippen molar-refractivity contribution in [2.45, 2.75) is 5.16 Å². The van der Waals surface area contributed by atoms with Gasteiger partial charge in [-0.15, -0.1) is 10.2 Å². The van der Waals surface area contributed by atoms with Gasteiger partial charge in [-0.25, -0.2) is 0 Å². The van der Waals surface area contributed by atoms with Gasteiger partial charge in [-0.3, -0.25) is 9.36 Å². The van der Waals surface area contributed by atoms with Gasteiger partial charge in [-0.05, 0) is 36.4 Å². The topological polar surface area (TPSA) is 70.2 Å². The van der Waals surface area contributed by atoms with E-state index in [1.54, 1.807) is 31.6 Å².